The van der Waals surface area contributed by atoms with E-state index in [1.165, 1.54) is 0 Å². The summed E-state index contributed by atoms with van der Waals surface area (Å²) in [5, 5.41) is 16.5. The van der Waals surface area contributed by atoms with E-state index in [1.54, 1.807) is 10.7 Å². The van der Waals surface area contributed by atoms with Gasteiger partial charge in [-0.25, -0.2) is 0 Å². The summed E-state index contributed by atoms with van der Waals surface area (Å²) in [5.74, 6) is 0.636. The van der Waals surface area contributed by atoms with Crippen LogP contribution in [0, 0.1) is 0 Å². The molecule has 0 fully saturated rings. The maximum atomic E-state index is 6.07. The topological polar surface area (TPSA) is 59.7 Å². The molecule has 0 saturated carbocycles. The number of nitrogens with zero attached hydrogens (tertiary/aromatic N) is 4. The van der Waals surface area contributed by atoms with Crippen molar-refractivity contribution in [2.24, 2.45) is 0 Å². The molecule has 27 heavy (non-hydrogen) atoms. The molecular formula is C17H17BrCl2N6S. The molecule has 2 heterocycles. The van der Waals surface area contributed by atoms with Crippen LogP contribution in [0.2, 0.25) is 10.0 Å². The molecule has 0 atom stereocenters. The van der Waals surface area contributed by atoms with Gasteiger partial charge in [0, 0.05) is 31.0 Å². The maximum absolute atomic E-state index is 6.07. The van der Waals surface area contributed by atoms with E-state index in [0.717, 1.165) is 22.1 Å². The quantitative estimate of drug-likeness (QED) is 0.493. The Morgan fingerprint density at radius 3 is 2.70 bits per heavy atom. The van der Waals surface area contributed by atoms with Crippen LogP contribution in [0.1, 0.15) is 18.1 Å². The number of halogens is 3. The number of hydrogen-bond donors (Lipinski definition) is 2. The van der Waals surface area contributed by atoms with Crippen LogP contribution in [0.15, 0.2) is 41.3 Å². The summed E-state index contributed by atoms with van der Waals surface area (Å²) in [6, 6.07) is 5.52. The molecular weight excluding hydrogens is 471 g/mol. The molecule has 3 rings (SSSR count). The fourth-order valence-electron chi connectivity index (χ4n) is 2.39. The lowest BCUT2D eigenvalue weighted by Gasteiger charge is -2.08. The molecule has 1 aromatic carbocycles. The lowest BCUT2D eigenvalue weighted by Crippen LogP contribution is -2.28. The van der Waals surface area contributed by atoms with Crippen molar-refractivity contribution in [1.29, 1.82) is 0 Å². The van der Waals surface area contributed by atoms with Gasteiger partial charge in [0.25, 0.3) is 0 Å². The molecule has 0 aliphatic heterocycles. The second-order valence-electron chi connectivity index (χ2n) is 5.78. The first-order valence-electron chi connectivity index (χ1n) is 8.17. The number of nitrogens with one attached hydrogen (secondary N) is 2. The van der Waals surface area contributed by atoms with Crippen LogP contribution in [-0.4, -0.2) is 24.7 Å². The highest BCUT2D eigenvalue weighted by Gasteiger charge is 2.10. The van der Waals surface area contributed by atoms with Crippen LogP contribution in [-0.2, 0) is 19.6 Å². The molecule has 0 radical (unpaired) electrons. The van der Waals surface area contributed by atoms with E-state index in [-0.39, 0.29) is 0 Å². The first kappa shape index (κ1) is 20.1. The zero-order valence-electron chi connectivity index (χ0n) is 14.4. The number of benzene rings is 1. The molecule has 2 N–H and O–H groups in total. The van der Waals surface area contributed by atoms with Gasteiger partial charge in [0.1, 0.15) is 0 Å². The van der Waals surface area contributed by atoms with Crippen LogP contribution < -0.4 is 10.6 Å². The van der Waals surface area contributed by atoms with E-state index >= 15 is 0 Å². The van der Waals surface area contributed by atoms with Crippen molar-refractivity contribution in [1.82, 2.24) is 24.9 Å². The average Bonchev–Trinajstić information content (AvgIpc) is 3.23. The van der Waals surface area contributed by atoms with Crippen molar-refractivity contribution in [3.05, 3.63) is 62.4 Å². The number of rotatable bonds is 6. The largest absolute Gasteiger partial charge is 0.358 e. The van der Waals surface area contributed by atoms with E-state index in [4.69, 9.17) is 35.4 Å². The lowest BCUT2D eigenvalue weighted by atomic mass is 10.2. The minimum Gasteiger partial charge on any atom is -0.358 e. The third kappa shape index (κ3) is 5.44. The Morgan fingerprint density at radius 1 is 1.19 bits per heavy atom. The van der Waals surface area contributed by atoms with Gasteiger partial charge in [-0.05, 0) is 52.8 Å². The second kappa shape index (κ2) is 9.05. The van der Waals surface area contributed by atoms with Crippen LogP contribution in [0.25, 0.3) is 0 Å². The van der Waals surface area contributed by atoms with Crippen molar-refractivity contribution >= 4 is 62.3 Å². The third-order valence-electron chi connectivity index (χ3n) is 3.74. The fraction of sp³-hybridized carbons (Fsp3) is 0.235. The van der Waals surface area contributed by atoms with Gasteiger partial charge in [-0.1, -0.05) is 29.3 Å². The van der Waals surface area contributed by atoms with Gasteiger partial charge in [-0.2, -0.15) is 10.2 Å². The summed E-state index contributed by atoms with van der Waals surface area (Å²) < 4.78 is 4.47. The van der Waals surface area contributed by atoms with Crippen molar-refractivity contribution in [2.45, 2.75) is 26.6 Å². The average molecular weight is 488 g/mol. The highest BCUT2D eigenvalue weighted by Crippen LogP contribution is 2.24. The summed E-state index contributed by atoms with van der Waals surface area (Å²) in [5.41, 5.74) is 2.06. The predicted octanol–water partition coefficient (Wildman–Crippen LogP) is 4.70. The molecule has 0 saturated heterocycles. The molecule has 3 aromatic rings. The summed E-state index contributed by atoms with van der Waals surface area (Å²) >= 11 is 20.9. The van der Waals surface area contributed by atoms with Crippen LogP contribution in [0.4, 0.5) is 5.82 Å². The summed E-state index contributed by atoms with van der Waals surface area (Å²) in [6.45, 7) is 4.04. The summed E-state index contributed by atoms with van der Waals surface area (Å²) in [7, 11) is 0. The van der Waals surface area contributed by atoms with Crippen LogP contribution in [0.3, 0.4) is 0 Å². The van der Waals surface area contributed by atoms with Gasteiger partial charge >= 0.3 is 0 Å². The fourth-order valence-corrected chi connectivity index (χ4v) is 3.30. The molecule has 0 spiro atoms. The van der Waals surface area contributed by atoms with E-state index in [2.05, 4.69) is 36.8 Å². The molecule has 0 amide bonds. The van der Waals surface area contributed by atoms with Crippen LogP contribution in [0.5, 0.6) is 0 Å². The lowest BCUT2D eigenvalue weighted by molar-refractivity contribution is 0.659. The van der Waals surface area contributed by atoms with Crippen LogP contribution >= 0.6 is 51.3 Å². The van der Waals surface area contributed by atoms with Crippen molar-refractivity contribution in [3.8, 4) is 0 Å². The SMILES string of the molecule is CCn1cc(CNC(=S)Nc2nn(Cc3ccc(Cl)c(Cl)c3)cc2Br)cn1. The minimum absolute atomic E-state index is 0.486. The summed E-state index contributed by atoms with van der Waals surface area (Å²) in [6.07, 6.45) is 5.68. The number of aryl methyl sites for hydroxylation is 1. The summed E-state index contributed by atoms with van der Waals surface area (Å²) in [4.78, 5) is 0. The normalized spacial score (nSPS) is 10.8. The Labute approximate surface area is 181 Å². The van der Waals surface area contributed by atoms with E-state index in [0.29, 0.717) is 34.1 Å². The second-order valence-corrected chi connectivity index (χ2v) is 7.86. The van der Waals surface area contributed by atoms with Crippen molar-refractivity contribution < 1.29 is 0 Å². The van der Waals surface area contributed by atoms with E-state index < -0.39 is 0 Å². The molecule has 0 aliphatic carbocycles. The monoisotopic (exact) mass is 486 g/mol. The highest BCUT2D eigenvalue weighted by molar-refractivity contribution is 9.10. The van der Waals surface area contributed by atoms with E-state index in [9.17, 15) is 0 Å². The number of thiocarbonyl (C=S) groups is 1. The van der Waals surface area contributed by atoms with Gasteiger partial charge < -0.3 is 10.6 Å². The Morgan fingerprint density at radius 2 is 2.00 bits per heavy atom. The molecule has 6 nitrogen and oxygen atoms in total. The van der Waals surface area contributed by atoms with Gasteiger partial charge in [-0.15, -0.1) is 0 Å². The van der Waals surface area contributed by atoms with Gasteiger partial charge in [0.05, 0.1) is 27.3 Å². The van der Waals surface area contributed by atoms with Gasteiger partial charge in [0.15, 0.2) is 10.9 Å². The van der Waals surface area contributed by atoms with Crippen molar-refractivity contribution in [3.63, 3.8) is 0 Å². The number of anilines is 1. The maximum Gasteiger partial charge on any atom is 0.172 e. The minimum atomic E-state index is 0.486. The zero-order valence-corrected chi connectivity index (χ0v) is 18.3. The Bertz CT molecular complexity index is 955. The van der Waals surface area contributed by atoms with E-state index in [1.807, 2.05) is 42.3 Å². The molecule has 10 heteroatoms. The van der Waals surface area contributed by atoms with Gasteiger partial charge in [-0.3, -0.25) is 9.36 Å². The Kier molecular flexibility index (Phi) is 6.75. The smallest absolute Gasteiger partial charge is 0.172 e. The molecule has 142 valence electrons. The third-order valence-corrected chi connectivity index (χ3v) is 5.31. The Balaban J connectivity index is 1.58. The molecule has 0 aliphatic rings. The number of hydrogen-bond acceptors (Lipinski definition) is 3. The standard InChI is InChI=1S/C17H17BrCl2N6S/c1-2-25-9-12(7-22-25)6-21-17(27)23-16-13(18)10-26(24-16)8-11-3-4-14(19)15(20)5-11/h3-5,7,9-10H,2,6,8H2,1H3,(H2,21,23,24,27). The number of aromatic nitrogens is 4. The zero-order chi connectivity index (χ0) is 19.4. The van der Waals surface area contributed by atoms with Gasteiger partial charge in [0.2, 0.25) is 0 Å². The molecule has 0 bridgehead atoms. The first-order chi connectivity index (χ1) is 12.9. The molecule has 0 unspecified atom stereocenters. The van der Waals surface area contributed by atoms with Crippen molar-refractivity contribution in [2.75, 3.05) is 5.32 Å². The molecule has 2 aromatic heterocycles. The predicted molar refractivity (Wildman–Crippen MR) is 116 cm³/mol. The highest BCUT2D eigenvalue weighted by atomic mass is 79.9. The Hall–Kier alpha value is -1.61. The first-order valence-corrected chi connectivity index (χ1v) is 10.1.